The summed E-state index contributed by atoms with van der Waals surface area (Å²) in [6.45, 7) is 12.6. The Hall–Kier alpha value is -9.24. The summed E-state index contributed by atoms with van der Waals surface area (Å²) in [7, 11) is 0. The van der Waals surface area contributed by atoms with Gasteiger partial charge in [0.2, 0.25) is 0 Å². The molecular formula is C72H58N2. The first-order valence-corrected chi connectivity index (χ1v) is 25.6. The monoisotopic (exact) mass is 950 g/mol. The Morgan fingerprint density at radius 2 is 0.959 bits per heavy atom. The molecular weight excluding hydrogens is 893 g/mol. The fraction of sp³-hybridized carbons (Fsp3) is 0.0556. The van der Waals surface area contributed by atoms with E-state index in [1.54, 1.807) is 0 Å². The highest BCUT2D eigenvalue weighted by Crippen LogP contribution is 2.45. The van der Waals surface area contributed by atoms with Gasteiger partial charge in [-0.15, -0.1) is 0 Å². The quantitative estimate of drug-likeness (QED) is 0.0839. The fourth-order valence-corrected chi connectivity index (χ4v) is 10.8. The number of hydrogen-bond acceptors (Lipinski definition) is 2. The van der Waals surface area contributed by atoms with Crippen LogP contribution in [0.25, 0.3) is 89.0 Å². The fourth-order valence-electron chi connectivity index (χ4n) is 10.8. The lowest BCUT2D eigenvalue weighted by molar-refractivity contribution is 1.18. The lowest BCUT2D eigenvalue weighted by atomic mass is 9.91. The predicted molar refractivity (Wildman–Crippen MR) is 322 cm³/mol. The van der Waals surface area contributed by atoms with Crippen LogP contribution in [-0.2, 0) is 0 Å². The molecule has 0 aliphatic heterocycles. The Balaban J connectivity index is 1.04. The summed E-state index contributed by atoms with van der Waals surface area (Å²) < 4.78 is 0. The van der Waals surface area contributed by atoms with Crippen molar-refractivity contribution in [3.63, 3.8) is 0 Å². The minimum absolute atomic E-state index is 1.06. The van der Waals surface area contributed by atoms with Crippen LogP contribution in [0, 0.1) is 6.92 Å². The smallest absolute Gasteiger partial charge is 0.0540 e. The van der Waals surface area contributed by atoms with Gasteiger partial charge in [-0.3, -0.25) is 0 Å². The topological polar surface area (TPSA) is 6.48 Å². The number of benzene rings is 11. The average Bonchev–Trinajstić information content (AvgIpc) is 3.46. The summed E-state index contributed by atoms with van der Waals surface area (Å²) in [5, 5.41) is 7.41. The van der Waals surface area contributed by atoms with Gasteiger partial charge in [-0.2, -0.15) is 0 Å². The van der Waals surface area contributed by atoms with Crippen molar-refractivity contribution in [2.45, 2.75) is 27.7 Å². The molecule has 0 spiro atoms. The van der Waals surface area contributed by atoms with Gasteiger partial charge in [-0.1, -0.05) is 201 Å². The van der Waals surface area contributed by atoms with Crippen molar-refractivity contribution in [3.05, 3.63) is 284 Å². The lowest BCUT2D eigenvalue weighted by Gasteiger charge is -2.29. The van der Waals surface area contributed by atoms with Crippen molar-refractivity contribution >= 4 is 72.9 Å². The van der Waals surface area contributed by atoms with Crippen LogP contribution in [-0.4, -0.2) is 0 Å². The molecule has 0 saturated carbocycles. The van der Waals surface area contributed by atoms with E-state index >= 15 is 0 Å². The second kappa shape index (κ2) is 20.8. The summed E-state index contributed by atoms with van der Waals surface area (Å²) >= 11 is 0. The highest BCUT2D eigenvalue weighted by atomic mass is 15.2. The van der Waals surface area contributed by atoms with Crippen LogP contribution < -0.4 is 9.80 Å². The minimum atomic E-state index is 1.06. The van der Waals surface area contributed by atoms with Gasteiger partial charge in [-0.25, -0.2) is 0 Å². The van der Waals surface area contributed by atoms with Gasteiger partial charge in [0.1, 0.15) is 0 Å². The first kappa shape index (κ1) is 47.1. The molecule has 0 unspecified atom stereocenters. The zero-order valence-corrected chi connectivity index (χ0v) is 42.5. The summed E-state index contributed by atoms with van der Waals surface area (Å²) in [5.41, 5.74) is 19.4. The third-order valence-electron chi connectivity index (χ3n) is 14.3. The molecule has 0 saturated heterocycles. The lowest BCUT2D eigenvalue weighted by Crippen LogP contribution is -2.16. The highest BCUT2D eigenvalue weighted by molar-refractivity contribution is 6.14. The molecule has 0 fully saturated rings. The molecule has 0 aliphatic rings. The molecule has 0 radical (unpaired) electrons. The van der Waals surface area contributed by atoms with E-state index in [4.69, 9.17) is 0 Å². The molecule has 11 aromatic carbocycles. The van der Waals surface area contributed by atoms with E-state index in [2.05, 4.69) is 305 Å². The molecule has 0 heterocycles. The maximum atomic E-state index is 4.20. The highest BCUT2D eigenvalue weighted by Gasteiger charge is 2.21. The van der Waals surface area contributed by atoms with E-state index in [1.807, 2.05) is 6.08 Å². The zero-order valence-electron chi connectivity index (χ0n) is 42.5. The van der Waals surface area contributed by atoms with Crippen LogP contribution in [0.15, 0.2) is 267 Å². The first-order chi connectivity index (χ1) is 36.5. The van der Waals surface area contributed by atoms with E-state index < -0.39 is 0 Å². The zero-order chi connectivity index (χ0) is 50.5. The maximum Gasteiger partial charge on any atom is 0.0540 e. The number of rotatable bonds is 13. The van der Waals surface area contributed by atoms with Crippen LogP contribution in [0.1, 0.15) is 37.5 Å². The van der Waals surface area contributed by atoms with E-state index in [1.165, 1.54) is 54.6 Å². The van der Waals surface area contributed by atoms with Crippen molar-refractivity contribution in [2.24, 2.45) is 0 Å². The third-order valence-corrected chi connectivity index (χ3v) is 14.3. The third kappa shape index (κ3) is 8.93. The summed E-state index contributed by atoms with van der Waals surface area (Å²) in [4.78, 5) is 4.77. The number of aryl methyl sites for hydroxylation is 1. The largest absolute Gasteiger partial charge is 0.311 e. The standard InChI is InChI=1S/C72H58N2/c1-6-22-55-48-69(67-34-15-13-32-65(67)62(55)9-4)51-38-42-59(43-39-51)74(60-44-40-52(41-45-60)70-49-57-25-11-12-30-63(57)66-33-14-16-35-68(66)70)72-37-19-17-31-64(72)56-28-20-26-53(46-56)54-27-21-29-61(47-54)73(58(8-3)23-7-2)71-36-18-10-24-50(71)5/h6-49H,4H2,1-3,5H3/b22-6-,23-7-,58-8+. The summed E-state index contributed by atoms with van der Waals surface area (Å²) in [6, 6.07) is 84.4. The SMILES string of the molecule is C=Cc1c(/C=C\C)cc(-c2ccc(N(c3ccc(-c4cc5ccccc5c5ccccc45)cc3)c3ccccc3-c3cccc(-c4cccc(N(C(/C=C\C)=C/C)c5ccccc5C)c4)c3)cc2)c2ccccc12. The Morgan fingerprint density at radius 1 is 0.405 bits per heavy atom. The molecule has 0 aromatic heterocycles. The van der Waals surface area contributed by atoms with Gasteiger partial charge in [0, 0.05) is 34.0 Å². The van der Waals surface area contributed by atoms with Gasteiger partial charge in [0.15, 0.2) is 0 Å². The Kier molecular flexibility index (Phi) is 13.3. The number of nitrogens with zero attached hydrogens (tertiary/aromatic N) is 2. The van der Waals surface area contributed by atoms with E-state index in [9.17, 15) is 0 Å². The van der Waals surface area contributed by atoms with Gasteiger partial charge in [0.25, 0.3) is 0 Å². The predicted octanol–water partition coefficient (Wildman–Crippen LogP) is 20.9. The van der Waals surface area contributed by atoms with Crippen LogP contribution in [0.2, 0.25) is 0 Å². The van der Waals surface area contributed by atoms with Crippen LogP contribution >= 0.6 is 0 Å². The number of allylic oxidation sites excluding steroid dienone is 4. The van der Waals surface area contributed by atoms with Gasteiger partial charge < -0.3 is 9.80 Å². The van der Waals surface area contributed by atoms with Crippen LogP contribution in [0.3, 0.4) is 0 Å². The Morgan fingerprint density at radius 3 is 1.62 bits per heavy atom. The molecule has 0 amide bonds. The molecule has 0 N–H and O–H groups in total. The Labute approximate surface area is 436 Å². The minimum Gasteiger partial charge on any atom is -0.311 e. The van der Waals surface area contributed by atoms with Crippen molar-refractivity contribution < 1.29 is 0 Å². The average molecular weight is 951 g/mol. The van der Waals surface area contributed by atoms with Crippen molar-refractivity contribution in [1.82, 2.24) is 0 Å². The van der Waals surface area contributed by atoms with Crippen molar-refractivity contribution in [3.8, 4) is 44.5 Å². The molecule has 0 atom stereocenters. The van der Waals surface area contributed by atoms with E-state index in [-0.39, 0.29) is 0 Å². The molecule has 356 valence electrons. The molecule has 11 aromatic rings. The number of hydrogen-bond donors (Lipinski definition) is 0. The summed E-state index contributed by atoms with van der Waals surface area (Å²) in [5.74, 6) is 0. The van der Waals surface area contributed by atoms with Crippen LogP contribution in [0.5, 0.6) is 0 Å². The molecule has 0 aliphatic carbocycles. The molecule has 2 nitrogen and oxygen atoms in total. The number of anilines is 5. The maximum absolute atomic E-state index is 4.20. The van der Waals surface area contributed by atoms with E-state index in [0.29, 0.717) is 0 Å². The number of para-hydroxylation sites is 2. The number of fused-ring (bicyclic) bond motifs is 4. The summed E-state index contributed by atoms with van der Waals surface area (Å²) in [6.07, 6.45) is 12.7. The molecule has 74 heavy (non-hydrogen) atoms. The second-order valence-corrected chi connectivity index (χ2v) is 18.8. The van der Waals surface area contributed by atoms with Gasteiger partial charge in [-0.05, 0) is 188 Å². The van der Waals surface area contributed by atoms with Gasteiger partial charge >= 0.3 is 0 Å². The van der Waals surface area contributed by atoms with Gasteiger partial charge in [0.05, 0.1) is 5.69 Å². The molecule has 0 bridgehead atoms. The second-order valence-electron chi connectivity index (χ2n) is 18.8. The van der Waals surface area contributed by atoms with Crippen LogP contribution in [0.4, 0.5) is 28.4 Å². The van der Waals surface area contributed by atoms with Crippen molar-refractivity contribution in [2.75, 3.05) is 9.80 Å². The van der Waals surface area contributed by atoms with E-state index in [0.717, 1.165) is 73.1 Å². The first-order valence-electron chi connectivity index (χ1n) is 25.6. The normalized spacial score (nSPS) is 11.8. The van der Waals surface area contributed by atoms with Crippen molar-refractivity contribution in [1.29, 1.82) is 0 Å². The molecule has 11 rings (SSSR count). The molecule has 2 heteroatoms. The Bertz CT molecular complexity index is 3960.